The van der Waals surface area contributed by atoms with Crippen LogP contribution >= 0.6 is 39.0 Å². The first-order valence-corrected chi connectivity index (χ1v) is 8.27. The molecule has 0 saturated carbocycles. The van der Waals surface area contributed by atoms with Crippen LogP contribution < -0.4 is 5.32 Å². The lowest BCUT2D eigenvalue weighted by Crippen LogP contribution is -2.19. The van der Waals surface area contributed by atoms with Crippen molar-refractivity contribution in [3.05, 3.63) is 20.8 Å². The SMILES string of the molecule is CSCCCCNC(C)c1cc(Br)cs1. The van der Waals surface area contributed by atoms with Crippen molar-refractivity contribution in [1.29, 1.82) is 0 Å². The summed E-state index contributed by atoms with van der Waals surface area (Å²) < 4.78 is 1.19. The number of hydrogen-bond donors (Lipinski definition) is 1. The quantitative estimate of drug-likeness (QED) is 0.754. The number of rotatable bonds is 7. The molecule has 0 bridgehead atoms. The van der Waals surface area contributed by atoms with Gasteiger partial charge in [-0.25, -0.2) is 0 Å². The minimum Gasteiger partial charge on any atom is -0.309 e. The van der Waals surface area contributed by atoms with E-state index in [0.717, 1.165) is 6.54 Å². The van der Waals surface area contributed by atoms with Crippen LogP contribution in [-0.4, -0.2) is 18.6 Å². The monoisotopic (exact) mass is 307 g/mol. The molecule has 0 saturated heterocycles. The molecule has 4 heteroatoms. The van der Waals surface area contributed by atoms with Crippen LogP contribution in [0.1, 0.15) is 30.7 Å². The molecule has 1 N–H and O–H groups in total. The van der Waals surface area contributed by atoms with Gasteiger partial charge in [-0.3, -0.25) is 0 Å². The van der Waals surface area contributed by atoms with E-state index < -0.39 is 0 Å². The molecule has 1 unspecified atom stereocenters. The van der Waals surface area contributed by atoms with Crippen molar-refractivity contribution in [3.8, 4) is 0 Å². The summed E-state index contributed by atoms with van der Waals surface area (Å²) in [5, 5.41) is 5.69. The van der Waals surface area contributed by atoms with Gasteiger partial charge in [0.1, 0.15) is 0 Å². The molecule has 0 radical (unpaired) electrons. The van der Waals surface area contributed by atoms with Crippen LogP contribution in [0.15, 0.2) is 15.9 Å². The topological polar surface area (TPSA) is 12.0 Å². The number of halogens is 1. The smallest absolute Gasteiger partial charge is 0.0386 e. The normalized spacial score (nSPS) is 13.0. The largest absolute Gasteiger partial charge is 0.309 e. The lowest BCUT2D eigenvalue weighted by molar-refractivity contribution is 0.562. The zero-order valence-corrected chi connectivity index (χ0v) is 12.5. The average molecular weight is 308 g/mol. The van der Waals surface area contributed by atoms with Gasteiger partial charge in [-0.05, 0) is 60.3 Å². The fourth-order valence-electron chi connectivity index (χ4n) is 1.35. The van der Waals surface area contributed by atoms with Gasteiger partial charge in [0.25, 0.3) is 0 Å². The van der Waals surface area contributed by atoms with Crippen molar-refractivity contribution in [1.82, 2.24) is 5.32 Å². The van der Waals surface area contributed by atoms with Crippen LogP contribution in [-0.2, 0) is 0 Å². The second-order valence-electron chi connectivity index (χ2n) is 3.54. The predicted octanol–water partition coefficient (Wildman–Crippen LogP) is 4.30. The standard InChI is InChI=1S/C11H18BrNS2/c1-9(11-7-10(12)8-15-11)13-5-3-4-6-14-2/h7-9,13H,3-6H2,1-2H3. The number of hydrogen-bond acceptors (Lipinski definition) is 3. The molecule has 86 valence electrons. The maximum absolute atomic E-state index is 3.55. The Kier molecular flexibility index (Phi) is 6.97. The summed E-state index contributed by atoms with van der Waals surface area (Å²) in [6, 6.07) is 2.68. The molecule has 1 atom stereocenters. The maximum atomic E-state index is 3.55. The van der Waals surface area contributed by atoms with E-state index in [4.69, 9.17) is 0 Å². The van der Waals surface area contributed by atoms with Crippen LogP contribution in [0, 0.1) is 0 Å². The molecule has 1 nitrogen and oxygen atoms in total. The minimum absolute atomic E-state index is 0.482. The fourth-order valence-corrected chi connectivity index (χ4v) is 3.32. The third-order valence-corrected chi connectivity index (χ3v) is 4.81. The minimum atomic E-state index is 0.482. The first kappa shape index (κ1) is 13.6. The summed E-state index contributed by atoms with van der Waals surface area (Å²) >= 11 is 7.22. The number of nitrogens with one attached hydrogen (secondary N) is 1. The number of thiophene rings is 1. The second-order valence-corrected chi connectivity index (χ2v) is 6.39. The number of unbranched alkanes of at least 4 members (excludes halogenated alkanes) is 1. The fraction of sp³-hybridized carbons (Fsp3) is 0.636. The van der Waals surface area contributed by atoms with Gasteiger partial charge in [-0.15, -0.1) is 11.3 Å². The van der Waals surface area contributed by atoms with E-state index in [0.29, 0.717) is 6.04 Å². The Bertz CT molecular complexity index is 275. The summed E-state index contributed by atoms with van der Waals surface area (Å²) in [7, 11) is 0. The van der Waals surface area contributed by atoms with E-state index in [-0.39, 0.29) is 0 Å². The molecule has 0 aliphatic heterocycles. The predicted molar refractivity (Wildman–Crippen MR) is 76.1 cm³/mol. The van der Waals surface area contributed by atoms with Gasteiger partial charge in [-0.1, -0.05) is 0 Å². The van der Waals surface area contributed by atoms with E-state index in [2.05, 4.69) is 45.9 Å². The molecule has 1 heterocycles. The Hall–Kier alpha value is 0.490. The summed E-state index contributed by atoms with van der Waals surface area (Å²) in [5.74, 6) is 1.28. The highest BCUT2D eigenvalue weighted by atomic mass is 79.9. The Morgan fingerprint density at radius 1 is 1.53 bits per heavy atom. The van der Waals surface area contributed by atoms with Gasteiger partial charge in [0.2, 0.25) is 0 Å². The Morgan fingerprint density at radius 2 is 2.33 bits per heavy atom. The Labute approximate surface area is 109 Å². The van der Waals surface area contributed by atoms with Crippen LogP contribution in [0.5, 0.6) is 0 Å². The first-order valence-electron chi connectivity index (χ1n) is 5.20. The molecule has 0 spiro atoms. The van der Waals surface area contributed by atoms with E-state index in [9.17, 15) is 0 Å². The molecule has 1 aromatic rings. The lowest BCUT2D eigenvalue weighted by Gasteiger charge is -2.11. The highest BCUT2D eigenvalue weighted by Crippen LogP contribution is 2.25. The molecular formula is C11H18BrNS2. The van der Waals surface area contributed by atoms with Crippen LogP contribution in [0.25, 0.3) is 0 Å². The van der Waals surface area contributed by atoms with E-state index in [1.165, 1.54) is 27.9 Å². The first-order chi connectivity index (χ1) is 7.24. The summed E-state index contributed by atoms with van der Waals surface area (Å²) in [6.07, 6.45) is 4.76. The van der Waals surface area contributed by atoms with E-state index >= 15 is 0 Å². The highest BCUT2D eigenvalue weighted by Gasteiger charge is 2.06. The molecular weight excluding hydrogens is 290 g/mol. The average Bonchev–Trinajstić information content (AvgIpc) is 2.64. The summed E-state index contributed by atoms with van der Waals surface area (Å²) in [6.45, 7) is 3.35. The third-order valence-electron chi connectivity index (χ3n) is 2.24. The van der Waals surface area contributed by atoms with Gasteiger partial charge in [-0.2, -0.15) is 11.8 Å². The number of thioether (sulfide) groups is 1. The second kappa shape index (κ2) is 7.71. The molecule has 1 rings (SSSR count). The van der Waals surface area contributed by atoms with Crippen molar-refractivity contribution >= 4 is 39.0 Å². The molecule has 0 aliphatic carbocycles. The highest BCUT2D eigenvalue weighted by molar-refractivity contribution is 9.10. The summed E-state index contributed by atoms with van der Waals surface area (Å²) in [4.78, 5) is 1.41. The third kappa shape index (κ3) is 5.38. The van der Waals surface area contributed by atoms with Crippen LogP contribution in [0.3, 0.4) is 0 Å². The van der Waals surface area contributed by atoms with Crippen molar-refractivity contribution in [2.24, 2.45) is 0 Å². The summed E-state index contributed by atoms with van der Waals surface area (Å²) in [5.41, 5.74) is 0. The Morgan fingerprint density at radius 3 is 2.93 bits per heavy atom. The van der Waals surface area contributed by atoms with Crippen molar-refractivity contribution < 1.29 is 0 Å². The van der Waals surface area contributed by atoms with Gasteiger partial charge in [0.15, 0.2) is 0 Å². The molecule has 0 aromatic carbocycles. The Balaban J connectivity index is 2.16. The molecule has 0 amide bonds. The van der Waals surface area contributed by atoms with Crippen molar-refractivity contribution in [2.75, 3.05) is 18.6 Å². The zero-order valence-electron chi connectivity index (χ0n) is 9.25. The molecule has 1 aromatic heterocycles. The van der Waals surface area contributed by atoms with E-state index in [1.54, 1.807) is 0 Å². The molecule has 15 heavy (non-hydrogen) atoms. The van der Waals surface area contributed by atoms with Crippen molar-refractivity contribution in [3.63, 3.8) is 0 Å². The zero-order chi connectivity index (χ0) is 11.1. The maximum Gasteiger partial charge on any atom is 0.0386 e. The molecule has 0 aliphatic rings. The van der Waals surface area contributed by atoms with Gasteiger partial charge < -0.3 is 5.32 Å². The molecule has 0 fully saturated rings. The van der Waals surface area contributed by atoms with Gasteiger partial charge >= 0.3 is 0 Å². The van der Waals surface area contributed by atoms with Gasteiger partial charge in [0, 0.05) is 20.8 Å². The van der Waals surface area contributed by atoms with Crippen LogP contribution in [0.2, 0.25) is 0 Å². The van der Waals surface area contributed by atoms with Gasteiger partial charge in [0.05, 0.1) is 0 Å². The lowest BCUT2D eigenvalue weighted by atomic mass is 10.2. The van der Waals surface area contributed by atoms with Crippen molar-refractivity contribution in [2.45, 2.75) is 25.8 Å². The van der Waals surface area contributed by atoms with Crippen LogP contribution in [0.4, 0.5) is 0 Å². The van der Waals surface area contributed by atoms with E-state index in [1.807, 2.05) is 23.1 Å².